The standard InChI is InChI=1S/C28H32ClF4N7O3S/c1-39-23(11-24(38-39)28(31,32)33)25(16-4-6-17(29)7-5-16)26(34)27(41)37-22-14-35-13-21(30)20(22)9-8-19-12-36-18-3-2-10-44(42,43)40(19)15-18/h4-7,11,13-14,18-19,25-26,36H,2-3,8-10,12,15,34H2,1H3,(H,37,41)/t18-,19?,25+,26+/m1/s1. The summed E-state index contributed by atoms with van der Waals surface area (Å²) in [4.78, 5) is 17.4. The molecule has 0 radical (unpaired) electrons. The molecule has 3 aromatic rings. The zero-order valence-electron chi connectivity index (χ0n) is 23.7. The molecule has 0 saturated carbocycles. The third-order valence-electron chi connectivity index (χ3n) is 8.17. The Balaban J connectivity index is 1.39. The van der Waals surface area contributed by atoms with Gasteiger partial charge in [-0.05, 0) is 49.4 Å². The van der Waals surface area contributed by atoms with Crippen molar-refractivity contribution in [1.82, 2.24) is 24.4 Å². The molecule has 10 nitrogen and oxygen atoms in total. The number of hydrogen-bond donors (Lipinski definition) is 3. The van der Waals surface area contributed by atoms with Crippen molar-refractivity contribution in [2.24, 2.45) is 12.8 Å². The number of hydrogen-bond acceptors (Lipinski definition) is 7. The predicted octanol–water partition coefficient (Wildman–Crippen LogP) is 3.42. The number of rotatable bonds is 8. The van der Waals surface area contributed by atoms with Crippen molar-refractivity contribution >= 4 is 33.2 Å². The maximum absolute atomic E-state index is 15.1. The van der Waals surface area contributed by atoms with Crippen LogP contribution >= 0.6 is 11.6 Å². The fraction of sp³-hybridized carbons (Fsp3) is 0.464. The number of alkyl halides is 3. The summed E-state index contributed by atoms with van der Waals surface area (Å²) in [6.07, 6.45) is -0.803. The minimum absolute atomic E-state index is 0.0293. The fourth-order valence-electron chi connectivity index (χ4n) is 5.89. The number of piperazine rings is 1. The molecule has 2 unspecified atom stereocenters. The number of benzene rings is 1. The zero-order chi connectivity index (χ0) is 31.8. The molecule has 238 valence electrons. The van der Waals surface area contributed by atoms with Gasteiger partial charge in [-0.2, -0.15) is 22.6 Å². The number of fused-ring (bicyclic) bond motifs is 2. The summed E-state index contributed by atoms with van der Waals surface area (Å²) in [5.41, 5.74) is 5.85. The molecule has 2 fully saturated rings. The minimum Gasteiger partial charge on any atom is -0.323 e. The quantitative estimate of drug-likeness (QED) is 0.316. The molecular formula is C28H32ClF4N7O3S. The number of aryl methyl sites for hydroxylation is 1. The molecule has 0 spiro atoms. The van der Waals surface area contributed by atoms with E-state index in [-0.39, 0.29) is 41.6 Å². The third-order valence-corrected chi connectivity index (χ3v) is 10.4. The van der Waals surface area contributed by atoms with E-state index >= 15 is 4.39 Å². The van der Waals surface area contributed by atoms with Gasteiger partial charge < -0.3 is 16.4 Å². The lowest BCUT2D eigenvalue weighted by Gasteiger charge is -2.37. The van der Waals surface area contributed by atoms with Crippen molar-refractivity contribution in [2.45, 2.75) is 55.9 Å². The first-order valence-corrected chi connectivity index (χ1v) is 16.0. The van der Waals surface area contributed by atoms with Crippen molar-refractivity contribution in [1.29, 1.82) is 0 Å². The molecule has 0 aliphatic carbocycles. The van der Waals surface area contributed by atoms with E-state index in [0.29, 0.717) is 30.1 Å². The molecule has 2 aliphatic rings. The molecule has 2 aliphatic heterocycles. The van der Waals surface area contributed by atoms with E-state index in [1.54, 1.807) is 12.1 Å². The topological polar surface area (TPSA) is 135 Å². The van der Waals surface area contributed by atoms with Crippen LogP contribution in [0.25, 0.3) is 0 Å². The van der Waals surface area contributed by atoms with Crippen LogP contribution in [-0.2, 0) is 34.5 Å². The molecule has 1 aromatic carbocycles. The summed E-state index contributed by atoms with van der Waals surface area (Å²) in [6, 6.07) is 5.21. The number of pyridine rings is 1. The van der Waals surface area contributed by atoms with Crippen LogP contribution in [0.2, 0.25) is 5.02 Å². The average molecular weight is 658 g/mol. The van der Waals surface area contributed by atoms with E-state index in [1.165, 1.54) is 29.7 Å². The molecular weight excluding hydrogens is 626 g/mol. The highest BCUT2D eigenvalue weighted by Gasteiger charge is 2.39. The molecule has 44 heavy (non-hydrogen) atoms. The lowest BCUT2D eigenvalue weighted by Crippen LogP contribution is -2.57. The van der Waals surface area contributed by atoms with Crippen LogP contribution in [0.5, 0.6) is 0 Å². The number of nitrogens with one attached hydrogen (secondary N) is 2. The van der Waals surface area contributed by atoms with Crippen molar-refractivity contribution < 1.29 is 30.8 Å². The number of carbonyl (C=O) groups excluding carboxylic acids is 1. The van der Waals surface area contributed by atoms with Crippen LogP contribution in [-0.4, -0.2) is 70.4 Å². The molecule has 5 rings (SSSR count). The molecule has 1 amide bonds. The van der Waals surface area contributed by atoms with Gasteiger partial charge in [-0.3, -0.25) is 14.5 Å². The normalized spacial score (nSPS) is 23.0. The van der Waals surface area contributed by atoms with Gasteiger partial charge in [0, 0.05) is 48.5 Å². The van der Waals surface area contributed by atoms with Crippen LogP contribution in [0.3, 0.4) is 0 Å². The second-order valence-electron chi connectivity index (χ2n) is 11.1. The van der Waals surface area contributed by atoms with Crippen molar-refractivity contribution in [3.63, 3.8) is 0 Å². The summed E-state index contributed by atoms with van der Waals surface area (Å²) >= 11 is 6.02. The molecule has 16 heteroatoms. The van der Waals surface area contributed by atoms with Gasteiger partial charge in [0.15, 0.2) is 5.69 Å². The fourth-order valence-corrected chi connectivity index (χ4v) is 7.82. The van der Waals surface area contributed by atoms with Gasteiger partial charge in [0.2, 0.25) is 15.9 Å². The van der Waals surface area contributed by atoms with Gasteiger partial charge in [0.25, 0.3) is 0 Å². The maximum atomic E-state index is 15.1. The molecule has 5 atom stereocenters. The van der Waals surface area contributed by atoms with Gasteiger partial charge in [-0.15, -0.1) is 0 Å². The van der Waals surface area contributed by atoms with Crippen LogP contribution in [0, 0.1) is 5.82 Å². The largest absolute Gasteiger partial charge is 0.435 e. The summed E-state index contributed by atoms with van der Waals surface area (Å²) in [5.74, 6) is -2.53. The average Bonchev–Trinajstić information content (AvgIpc) is 3.30. The Morgan fingerprint density at radius 1 is 1.25 bits per heavy atom. The molecule has 4 heterocycles. The number of sulfonamides is 1. The Kier molecular flexibility index (Phi) is 9.33. The highest BCUT2D eigenvalue weighted by Crippen LogP contribution is 2.35. The van der Waals surface area contributed by atoms with E-state index in [4.69, 9.17) is 17.3 Å². The summed E-state index contributed by atoms with van der Waals surface area (Å²) in [5, 5.41) is 9.92. The lowest BCUT2D eigenvalue weighted by atomic mass is 9.88. The first kappa shape index (κ1) is 32.3. The summed E-state index contributed by atoms with van der Waals surface area (Å²) in [6.45, 7) is 0.761. The highest BCUT2D eigenvalue weighted by atomic mass is 35.5. The molecule has 2 saturated heterocycles. The highest BCUT2D eigenvalue weighted by molar-refractivity contribution is 7.89. The number of halogens is 5. The van der Waals surface area contributed by atoms with Gasteiger partial charge in [-0.25, -0.2) is 12.8 Å². The Morgan fingerprint density at radius 2 is 1.98 bits per heavy atom. The Bertz CT molecular complexity index is 1620. The Morgan fingerprint density at radius 3 is 2.66 bits per heavy atom. The predicted molar refractivity (Wildman–Crippen MR) is 156 cm³/mol. The van der Waals surface area contributed by atoms with E-state index in [2.05, 4.69) is 20.7 Å². The minimum atomic E-state index is -4.73. The monoisotopic (exact) mass is 657 g/mol. The van der Waals surface area contributed by atoms with Gasteiger partial charge in [0.05, 0.1) is 35.8 Å². The third kappa shape index (κ3) is 6.91. The number of carbonyl (C=O) groups is 1. The Hall–Kier alpha value is -3.11. The van der Waals surface area contributed by atoms with Crippen LogP contribution in [0.1, 0.15) is 47.7 Å². The second-order valence-corrected chi connectivity index (χ2v) is 13.6. The molecule has 2 aromatic heterocycles. The van der Waals surface area contributed by atoms with Gasteiger partial charge >= 0.3 is 6.18 Å². The van der Waals surface area contributed by atoms with E-state index in [9.17, 15) is 26.4 Å². The lowest BCUT2D eigenvalue weighted by molar-refractivity contribution is -0.141. The van der Waals surface area contributed by atoms with Crippen LogP contribution in [0.4, 0.5) is 23.2 Å². The number of aromatic nitrogens is 3. The van der Waals surface area contributed by atoms with Crippen LogP contribution < -0.4 is 16.4 Å². The summed E-state index contributed by atoms with van der Waals surface area (Å²) < 4.78 is 83.8. The summed E-state index contributed by atoms with van der Waals surface area (Å²) in [7, 11) is -2.14. The van der Waals surface area contributed by atoms with Crippen molar-refractivity contribution in [3.05, 3.63) is 76.1 Å². The smallest absolute Gasteiger partial charge is 0.323 e. The van der Waals surface area contributed by atoms with Crippen molar-refractivity contribution in [2.75, 3.05) is 24.2 Å². The van der Waals surface area contributed by atoms with E-state index in [0.717, 1.165) is 23.4 Å². The first-order valence-electron chi connectivity index (χ1n) is 14.0. The maximum Gasteiger partial charge on any atom is 0.435 e. The van der Waals surface area contributed by atoms with E-state index in [1.807, 2.05) is 0 Å². The van der Waals surface area contributed by atoms with Crippen molar-refractivity contribution in [3.8, 4) is 0 Å². The number of anilines is 1. The number of amides is 1. The SMILES string of the molecule is Cn1nc(C(F)(F)F)cc1[C@H](c1ccc(Cl)cc1)[C@H](N)C(=O)Nc1cncc(F)c1CCC1CN[C@@H]2CCCS(=O)(=O)N1C2. The zero-order valence-corrected chi connectivity index (χ0v) is 25.3. The molecule has 4 N–H and O–H groups in total. The van der Waals surface area contributed by atoms with E-state index < -0.39 is 51.6 Å². The molecule has 2 bridgehead atoms. The number of nitrogens with two attached hydrogens (primary N) is 1. The van der Waals surface area contributed by atoms with Crippen LogP contribution in [0.15, 0.2) is 42.7 Å². The first-order chi connectivity index (χ1) is 20.7. The number of nitrogens with zero attached hydrogens (tertiary/aromatic N) is 4. The Labute approximate surface area is 257 Å². The van der Waals surface area contributed by atoms with Gasteiger partial charge in [0.1, 0.15) is 5.82 Å². The second kappa shape index (κ2) is 12.7. The van der Waals surface area contributed by atoms with Gasteiger partial charge in [-0.1, -0.05) is 23.7 Å².